The van der Waals surface area contributed by atoms with E-state index in [9.17, 15) is 13.2 Å². The Balaban J connectivity index is 2.47. The van der Waals surface area contributed by atoms with E-state index in [1.807, 2.05) is 12.1 Å². The summed E-state index contributed by atoms with van der Waals surface area (Å²) in [5.41, 5.74) is 1.31. The Bertz CT molecular complexity index is 528. The maximum atomic E-state index is 11.5. The molecule has 6 nitrogen and oxygen atoms in total. The van der Waals surface area contributed by atoms with E-state index in [0.717, 1.165) is 5.56 Å². The Morgan fingerprint density at radius 3 is 2.68 bits per heavy atom. The van der Waals surface area contributed by atoms with Gasteiger partial charge in [-0.25, -0.2) is 18.4 Å². The summed E-state index contributed by atoms with van der Waals surface area (Å²) < 4.78 is 26.2. The molecular weight excluding hydrogens is 268 g/mol. The van der Waals surface area contributed by atoms with Gasteiger partial charge in [0.05, 0.1) is 18.4 Å². The van der Waals surface area contributed by atoms with Gasteiger partial charge in [-0.1, -0.05) is 18.2 Å². The van der Waals surface area contributed by atoms with Crippen LogP contribution in [0.1, 0.15) is 22.3 Å². The summed E-state index contributed by atoms with van der Waals surface area (Å²) in [4.78, 5) is 11.5. The topological polar surface area (TPSA) is 98.5 Å². The smallest absolute Gasteiger partial charge is 0.338 e. The third-order valence-corrected chi connectivity index (χ3v) is 3.38. The first-order valence-electron chi connectivity index (χ1n) is 5.81. The molecule has 0 aliphatic heterocycles. The van der Waals surface area contributed by atoms with Gasteiger partial charge in [-0.05, 0) is 24.6 Å². The number of ether oxygens (including phenoxy) is 1. The second kappa shape index (κ2) is 7.22. The Labute approximate surface area is 113 Å². The minimum atomic E-state index is -3.41. The first kappa shape index (κ1) is 15.6. The number of methoxy groups -OCH3 is 1. The van der Waals surface area contributed by atoms with Crippen LogP contribution in [0.25, 0.3) is 0 Å². The van der Waals surface area contributed by atoms with E-state index in [0.29, 0.717) is 25.1 Å². The molecule has 1 rings (SSSR count). The van der Waals surface area contributed by atoms with E-state index in [1.54, 1.807) is 12.1 Å². The van der Waals surface area contributed by atoms with Crippen LogP contribution in [0.5, 0.6) is 0 Å². The zero-order valence-corrected chi connectivity index (χ0v) is 11.6. The number of nitrogens with one attached hydrogen (secondary N) is 1. The molecule has 0 saturated carbocycles. The fraction of sp³-hybridized carbons (Fsp3) is 0.417. The van der Waals surface area contributed by atoms with Gasteiger partial charge in [0.2, 0.25) is 10.0 Å². The minimum Gasteiger partial charge on any atom is -0.465 e. The Hall–Kier alpha value is -1.44. The molecule has 0 radical (unpaired) electrons. The number of carbonyl (C=O) groups excluding carboxylic acids is 1. The van der Waals surface area contributed by atoms with Gasteiger partial charge < -0.3 is 10.1 Å². The lowest BCUT2D eigenvalue weighted by molar-refractivity contribution is 0.0599. The third kappa shape index (κ3) is 5.82. The van der Waals surface area contributed by atoms with Crippen LogP contribution < -0.4 is 10.5 Å². The standard InChI is InChI=1S/C12H18N2O4S/c1-18-12(15)11-6-3-2-5-10(11)9-14-7-4-8-19(13,16)17/h2-3,5-6,14H,4,7-9H2,1H3,(H2,13,16,17). The van der Waals surface area contributed by atoms with Crippen molar-refractivity contribution in [2.24, 2.45) is 5.14 Å². The highest BCUT2D eigenvalue weighted by Gasteiger charge is 2.10. The van der Waals surface area contributed by atoms with Gasteiger partial charge in [0.1, 0.15) is 0 Å². The summed E-state index contributed by atoms with van der Waals surface area (Å²) in [7, 11) is -2.08. The molecule has 0 aliphatic rings. The molecule has 0 unspecified atom stereocenters. The Morgan fingerprint density at radius 1 is 1.37 bits per heavy atom. The predicted octanol–water partition coefficient (Wildman–Crippen LogP) is 0.241. The summed E-state index contributed by atoms with van der Waals surface area (Å²) in [5.74, 6) is -0.444. The molecule has 1 aromatic carbocycles. The molecule has 0 atom stereocenters. The molecule has 0 fully saturated rings. The second-order valence-corrected chi connectivity index (χ2v) is 5.78. The van der Waals surface area contributed by atoms with Crippen LogP contribution in [-0.2, 0) is 21.3 Å². The molecule has 3 N–H and O–H groups in total. The molecule has 0 aromatic heterocycles. The minimum absolute atomic E-state index is 0.0569. The number of sulfonamides is 1. The van der Waals surface area contributed by atoms with Gasteiger partial charge in [-0.15, -0.1) is 0 Å². The lowest BCUT2D eigenvalue weighted by Crippen LogP contribution is -2.22. The molecule has 0 spiro atoms. The zero-order chi connectivity index (χ0) is 14.3. The van der Waals surface area contributed by atoms with E-state index >= 15 is 0 Å². The number of esters is 1. The maximum Gasteiger partial charge on any atom is 0.338 e. The zero-order valence-electron chi connectivity index (χ0n) is 10.8. The van der Waals surface area contributed by atoms with Crippen molar-refractivity contribution < 1.29 is 17.9 Å². The molecule has 0 aliphatic carbocycles. The van der Waals surface area contributed by atoms with Gasteiger partial charge in [-0.3, -0.25) is 0 Å². The lowest BCUT2D eigenvalue weighted by Gasteiger charge is -2.08. The molecular formula is C12H18N2O4S. The van der Waals surface area contributed by atoms with Gasteiger partial charge in [-0.2, -0.15) is 0 Å². The summed E-state index contributed by atoms with van der Waals surface area (Å²) in [6.07, 6.45) is 0.430. The maximum absolute atomic E-state index is 11.5. The van der Waals surface area contributed by atoms with Crippen molar-refractivity contribution in [1.82, 2.24) is 5.32 Å². The lowest BCUT2D eigenvalue weighted by atomic mass is 10.1. The van der Waals surface area contributed by atoms with Gasteiger partial charge >= 0.3 is 5.97 Å². The first-order valence-corrected chi connectivity index (χ1v) is 7.53. The average Bonchev–Trinajstić information content (AvgIpc) is 2.36. The highest BCUT2D eigenvalue weighted by molar-refractivity contribution is 7.89. The number of primary sulfonamides is 1. The number of rotatable bonds is 7. The van der Waals surface area contributed by atoms with Crippen molar-refractivity contribution in [3.63, 3.8) is 0 Å². The molecule has 106 valence electrons. The highest BCUT2D eigenvalue weighted by atomic mass is 32.2. The predicted molar refractivity (Wildman–Crippen MR) is 72.1 cm³/mol. The fourth-order valence-electron chi connectivity index (χ4n) is 1.60. The van der Waals surface area contributed by atoms with Crippen molar-refractivity contribution in [2.45, 2.75) is 13.0 Å². The number of hydrogen-bond donors (Lipinski definition) is 2. The van der Waals surface area contributed by atoms with Crippen molar-refractivity contribution in [3.05, 3.63) is 35.4 Å². The van der Waals surface area contributed by atoms with Crippen LogP contribution in [0.15, 0.2) is 24.3 Å². The molecule has 7 heteroatoms. The molecule has 1 aromatic rings. The van der Waals surface area contributed by atoms with E-state index < -0.39 is 10.0 Å². The van der Waals surface area contributed by atoms with Gasteiger partial charge in [0.25, 0.3) is 0 Å². The van der Waals surface area contributed by atoms with Crippen LogP contribution in [0.3, 0.4) is 0 Å². The monoisotopic (exact) mass is 286 g/mol. The van der Waals surface area contributed by atoms with E-state index in [4.69, 9.17) is 5.14 Å². The number of benzene rings is 1. The normalized spacial score (nSPS) is 11.3. The van der Waals surface area contributed by atoms with E-state index in [2.05, 4.69) is 10.1 Å². The first-order chi connectivity index (χ1) is 8.94. The number of nitrogens with two attached hydrogens (primary N) is 1. The quantitative estimate of drug-likeness (QED) is 0.552. The average molecular weight is 286 g/mol. The molecule has 0 bridgehead atoms. The fourth-order valence-corrected chi connectivity index (χ4v) is 2.15. The summed E-state index contributed by atoms with van der Waals surface area (Å²) in [6, 6.07) is 7.09. The van der Waals surface area contributed by atoms with Crippen LogP contribution in [0.2, 0.25) is 0 Å². The SMILES string of the molecule is COC(=O)c1ccccc1CNCCCS(N)(=O)=O. The second-order valence-electron chi connectivity index (χ2n) is 4.05. The van der Waals surface area contributed by atoms with Crippen molar-refractivity contribution in [3.8, 4) is 0 Å². The van der Waals surface area contributed by atoms with Gasteiger partial charge in [0, 0.05) is 6.54 Å². The molecule has 0 saturated heterocycles. The van der Waals surface area contributed by atoms with E-state index in [1.165, 1.54) is 7.11 Å². The van der Waals surface area contributed by atoms with E-state index in [-0.39, 0.29) is 11.7 Å². The summed E-state index contributed by atoms with van der Waals surface area (Å²) >= 11 is 0. The van der Waals surface area contributed by atoms with Crippen molar-refractivity contribution >= 4 is 16.0 Å². The Morgan fingerprint density at radius 2 is 2.05 bits per heavy atom. The van der Waals surface area contributed by atoms with Gasteiger partial charge in [0.15, 0.2) is 0 Å². The van der Waals surface area contributed by atoms with Crippen LogP contribution in [0.4, 0.5) is 0 Å². The molecule has 0 amide bonds. The van der Waals surface area contributed by atoms with Crippen molar-refractivity contribution in [2.75, 3.05) is 19.4 Å². The third-order valence-electron chi connectivity index (χ3n) is 2.52. The van der Waals surface area contributed by atoms with Crippen LogP contribution in [-0.4, -0.2) is 33.8 Å². The van der Waals surface area contributed by atoms with Crippen LogP contribution in [0, 0.1) is 0 Å². The number of hydrogen-bond acceptors (Lipinski definition) is 5. The highest BCUT2D eigenvalue weighted by Crippen LogP contribution is 2.09. The summed E-state index contributed by atoms with van der Waals surface area (Å²) in [6.45, 7) is 0.974. The Kier molecular flexibility index (Phi) is 5.94. The number of carbonyl (C=O) groups is 1. The molecule has 0 heterocycles. The molecule has 19 heavy (non-hydrogen) atoms. The van der Waals surface area contributed by atoms with Crippen molar-refractivity contribution in [1.29, 1.82) is 0 Å². The van der Waals surface area contributed by atoms with Crippen LogP contribution >= 0.6 is 0 Å². The summed E-state index contributed by atoms with van der Waals surface area (Å²) in [5, 5.41) is 7.96. The largest absolute Gasteiger partial charge is 0.465 e.